The fraction of sp³-hybridized carbons (Fsp3) is 0.143. The second kappa shape index (κ2) is 5.04. The molecule has 0 aliphatic rings. The molecule has 0 saturated heterocycles. The molecule has 0 fully saturated rings. The van der Waals surface area contributed by atoms with Gasteiger partial charge in [0.25, 0.3) is 0 Å². The topological polar surface area (TPSA) is 0 Å². The highest BCUT2D eigenvalue weighted by Crippen LogP contribution is 2.12. The normalized spacial score (nSPS) is 10.2. The van der Waals surface area contributed by atoms with Crippen LogP contribution in [-0.2, 0) is 12.2 Å². The lowest BCUT2D eigenvalue weighted by atomic mass is 10.0. The van der Waals surface area contributed by atoms with Crippen LogP contribution in [0.4, 0.5) is 0 Å². The van der Waals surface area contributed by atoms with Crippen LogP contribution in [0.15, 0.2) is 54.6 Å². The fourth-order valence-electron chi connectivity index (χ4n) is 1.67. The summed E-state index contributed by atoms with van der Waals surface area (Å²) in [5.41, 5.74) is 3.99. The van der Waals surface area contributed by atoms with Gasteiger partial charge in [-0.05, 0) is 23.1 Å². The molecule has 0 nitrogen and oxygen atoms in total. The van der Waals surface area contributed by atoms with Crippen LogP contribution in [0.3, 0.4) is 0 Å². The van der Waals surface area contributed by atoms with E-state index in [1.165, 1.54) is 16.7 Å². The van der Waals surface area contributed by atoms with E-state index in [0.717, 1.165) is 12.2 Å². The highest BCUT2D eigenvalue weighted by Gasteiger charge is 1.96. The van der Waals surface area contributed by atoms with Crippen LogP contribution >= 0.6 is 12.6 Å². The Kier molecular flexibility index (Phi) is 3.46. The van der Waals surface area contributed by atoms with E-state index in [4.69, 9.17) is 0 Å². The Morgan fingerprint density at radius 1 is 0.733 bits per heavy atom. The van der Waals surface area contributed by atoms with Crippen molar-refractivity contribution in [2.75, 3.05) is 0 Å². The van der Waals surface area contributed by atoms with Gasteiger partial charge in [0.15, 0.2) is 0 Å². The summed E-state index contributed by atoms with van der Waals surface area (Å²) in [6, 6.07) is 19.1. The van der Waals surface area contributed by atoms with Crippen molar-refractivity contribution in [3.63, 3.8) is 0 Å². The summed E-state index contributed by atoms with van der Waals surface area (Å²) in [4.78, 5) is 0. The average Bonchev–Trinajstić information content (AvgIpc) is 2.31. The zero-order valence-electron chi connectivity index (χ0n) is 8.56. The Balaban J connectivity index is 2.17. The van der Waals surface area contributed by atoms with Crippen LogP contribution < -0.4 is 0 Å². The van der Waals surface area contributed by atoms with E-state index in [1.54, 1.807) is 0 Å². The molecule has 0 unspecified atom stereocenters. The first kappa shape index (κ1) is 10.3. The number of thiol groups is 1. The van der Waals surface area contributed by atoms with Gasteiger partial charge < -0.3 is 0 Å². The highest BCUT2D eigenvalue weighted by atomic mass is 32.1. The molecule has 0 saturated carbocycles. The van der Waals surface area contributed by atoms with E-state index in [-0.39, 0.29) is 0 Å². The van der Waals surface area contributed by atoms with Gasteiger partial charge >= 0.3 is 0 Å². The van der Waals surface area contributed by atoms with Gasteiger partial charge in [0.2, 0.25) is 0 Å². The first-order chi connectivity index (χ1) is 7.38. The quantitative estimate of drug-likeness (QED) is 0.740. The van der Waals surface area contributed by atoms with E-state index >= 15 is 0 Å². The summed E-state index contributed by atoms with van der Waals surface area (Å²) >= 11 is 4.28. The molecule has 0 amide bonds. The number of rotatable bonds is 3. The number of benzene rings is 2. The van der Waals surface area contributed by atoms with E-state index in [2.05, 4.69) is 61.2 Å². The van der Waals surface area contributed by atoms with E-state index in [1.807, 2.05) is 6.07 Å². The predicted molar refractivity (Wildman–Crippen MR) is 68.4 cm³/mol. The minimum Gasteiger partial charge on any atom is -0.175 e. The Morgan fingerprint density at radius 3 is 2.13 bits per heavy atom. The van der Waals surface area contributed by atoms with Crippen molar-refractivity contribution in [3.8, 4) is 0 Å². The van der Waals surface area contributed by atoms with Crippen LogP contribution in [0, 0.1) is 0 Å². The third kappa shape index (κ3) is 2.87. The van der Waals surface area contributed by atoms with Crippen LogP contribution in [-0.4, -0.2) is 0 Å². The molecule has 0 heterocycles. The molecule has 76 valence electrons. The third-order valence-electron chi connectivity index (χ3n) is 2.43. The molecular formula is C14H14S. The van der Waals surface area contributed by atoms with Crippen molar-refractivity contribution in [3.05, 3.63) is 71.3 Å². The zero-order chi connectivity index (χ0) is 10.5. The van der Waals surface area contributed by atoms with E-state index in [9.17, 15) is 0 Å². The van der Waals surface area contributed by atoms with Crippen LogP contribution in [0.25, 0.3) is 0 Å². The molecule has 0 aromatic heterocycles. The van der Waals surface area contributed by atoms with Crippen molar-refractivity contribution in [1.29, 1.82) is 0 Å². The molecule has 0 aliphatic carbocycles. The Hall–Kier alpha value is -1.21. The monoisotopic (exact) mass is 214 g/mol. The largest absolute Gasteiger partial charge is 0.175 e. The molecule has 0 radical (unpaired) electrons. The van der Waals surface area contributed by atoms with Crippen LogP contribution in [0.5, 0.6) is 0 Å². The van der Waals surface area contributed by atoms with Crippen LogP contribution in [0.2, 0.25) is 0 Å². The molecular weight excluding hydrogens is 200 g/mol. The summed E-state index contributed by atoms with van der Waals surface area (Å²) in [5, 5.41) is 0. The molecule has 2 aromatic carbocycles. The maximum Gasteiger partial charge on any atom is 0.0154 e. The molecule has 1 heteroatoms. The lowest BCUT2D eigenvalue weighted by molar-refractivity contribution is 1.18. The SMILES string of the molecule is SCc1cccc(Cc2ccccc2)c1. The second-order valence-electron chi connectivity index (χ2n) is 3.64. The maximum atomic E-state index is 4.28. The second-order valence-corrected chi connectivity index (χ2v) is 3.96. The Bertz CT molecular complexity index is 420. The highest BCUT2D eigenvalue weighted by molar-refractivity contribution is 7.79. The first-order valence-electron chi connectivity index (χ1n) is 5.11. The summed E-state index contributed by atoms with van der Waals surface area (Å²) in [6.07, 6.45) is 1.00. The Morgan fingerprint density at radius 2 is 1.40 bits per heavy atom. The van der Waals surface area contributed by atoms with Gasteiger partial charge in [-0.1, -0.05) is 54.6 Å². The van der Waals surface area contributed by atoms with E-state index in [0.29, 0.717) is 0 Å². The molecule has 0 aliphatic heterocycles. The molecule has 2 aromatic rings. The molecule has 0 spiro atoms. The summed E-state index contributed by atoms with van der Waals surface area (Å²) < 4.78 is 0. The minimum absolute atomic E-state index is 0.808. The maximum absolute atomic E-state index is 4.28. The van der Waals surface area contributed by atoms with Crippen molar-refractivity contribution in [2.24, 2.45) is 0 Å². The van der Waals surface area contributed by atoms with Gasteiger partial charge in [0.05, 0.1) is 0 Å². The van der Waals surface area contributed by atoms with E-state index < -0.39 is 0 Å². The summed E-state index contributed by atoms with van der Waals surface area (Å²) in [6.45, 7) is 0. The summed E-state index contributed by atoms with van der Waals surface area (Å²) in [7, 11) is 0. The predicted octanol–water partition coefficient (Wildman–Crippen LogP) is 3.71. The molecule has 0 bridgehead atoms. The standard InChI is InChI=1S/C14H14S/c15-11-14-8-4-7-13(10-14)9-12-5-2-1-3-6-12/h1-8,10,15H,9,11H2. The molecule has 0 N–H and O–H groups in total. The van der Waals surface area contributed by atoms with Gasteiger partial charge in [-0.2, -0.15) is 12.6 Å². The Labute approximate surface area is 96.4 Å². The molecule has 2 rings (SSSR count). The van der Waals surface area contributed by atoms with Gasteiger partial charge in [-0.25, -0.2) is 0 Å². The van der Waals surface area contributed by atoms with Crippen molar-refractivity contribution in [1.82, 2.24) is 0 Å². The van der Waals surface area contributed by atoms with Gasteiger partial charge in [0.1, 0.15) is 0 Å². The van der Waals surface area contributed by atoms with Gasteiger partial charge in [0, 0.05) is 5.75 Å². The lowest BCUT2D eigenvalue weighted by Crippen LogP contribution is -1.88. The van der Waals surface area contributed by atoms with Crippen molar-refractivity contribution < 1.29 is 0 Å². The van der Waals surface area contributed by atoms with Crippen molar-refractivity contribution >= 4 is 12.6 Å². The molecule has 15 heavy (non-hydrogen) atoms. The molecule has 0 atom stereocenters. The minimum atomic E-state index is 0.808. The summed E-state index contributed by atoms with van der Waals surface area (Å²) in [5.74, 6) is 0.808. The lowest BCUT2D eigenvalue weighted by Gasteiger charge is -2.03. The third-order valence-corrected chi connectivity index (χ3v) is 2.79. The first-order valence-corrected chi connectivity index (χ1v) is 5.74. The van der Waals surface area contributed by atoms with Crippen LogP contribution in [0.1, 0.15) is 16.7 Å². The number of hydrogen-bond acceptors (Lipinski definition) is 1. The average molecular weight is 214 g/mol. The van der Waals surface area contributed by atoms with Gasteiger partial charge in [-0.15, -0.1) is 0 Å². The van der Waals surface area contributed by atoms with Crippen molar-refractivity contribution in [2.45, 2.75) is 12.2 Å². The zero-order valence-corrected chi connectivity index (χ0v) is 9.45. The number of hydrogen-bond donors (Lipinski definition) is 1. The fourth-order valence-corrected chi connectivity index (χ4v) is 1.87. The smallest absolute Gasteiger partial charge is 0.0154 e. The van der Waals surface area contributed by atoms with Gasteiger partial charge in [-0.3, -0.25) is 0 Å².